The van der Waals surface area contributed by atoms with Gasteiger partial charge in [0.25, 0.3) is 0 Å². The lowest BCUT2D eigenvalue weighted by molar-refractivity contribution is 0.139. The van der Waals surface area contributed by atoms with Crippen LogP contribution in [0.25, 0.3) is 0 Å². The molecule has 1 N–H and O–H groups in total. The van der Waals surface area contributed by atoms with Gasteiger partial charge in [0.15, 0.2) is 0 Å². The van der Waals surface area contributed by atoms with Crippen LogP contribution in [0, 0.1) is 11.8 Å². The van der Waals surface area contributed by atoms with E-state index in [-0.39, 0.29) is 0 Å². The smallest absolute Gasteiger partial charge is 0.118 e. The van der Waals surface area contributed by atoms with Crippen LogP contribution in [0.2, 0.25) is 0 Å². The van der Waals surface area contributed by atoms with E-state index in [1.165, 1.54) is 50.5 Å². The number of ether oxygens (including phenoxy) is 1. The summed E-state index contributed by atoms with van der Waals surface area (Å²) in [7, 11) is 1.72. The van der Waals surface area contributed by atoms with Gasteiger partial charge >= 0.3 is 0 Å². The fraction of sp³-hybridized carbons (Fsp3) is 0.684. The molecule has 0 spiro atoms. The number of hydrogen-bond acceptors (Lipinski definition) is 2. The zero-order valence-electron chi connectivity index (χ0n) is 13.5. The maximum atomic E-state index is 5.24. The third kappa shape index (κ3) is 3.60. The molecule has 21 heavy (non-hydrogen) atoms. The third-order valence-electron chi connectivity index (χ3n) is 5.64. The molecule has 3 rings (SSSR count). The predicted molar refractivity (Wildman–Crippen MR) is 87.6 cm³/mol. The fourth-order valence-electron chi connectivity index (χ4n) is 4.37. The highest BCUT2D eigenvalue weighted by molar-refractivity contribution is 5.28. The summed E-state index contributed by atoms with van der Waals surface area (Å²) < 4.78 is 5.24. The monoisotopic (exact) mass is 287 g/mol. The Balaban J connectivity index is 1.55. The molecule has 2 heteroatoms. The highest BCUT2D eigenvalue weighted by atomic mass is 16.5. The molecule has 0 bridgehead atoms. The van der Waals surface area contributed by atoms with Crippen LogP contribution >= 0.6 is 0 Å². The van der Waals surface area contributed by atoms with E-state index in [1.54, 1.807) is 7.11 Å². The van der Waals surface area contributed by atoms with E-state index in [9.17, 15) is 0 Å². The van der Waals surface area contributed by atoms with Gasteiger partial charge in [0.05, 0.1) is 7.11 Å². The van der Waals surface area contributed by atoms with Crippen LogP contribution in [0.3, 0.4) is 0 Å². The Morgan fingerprint density at radius 1 is 1.00 bits per heavy atom. The number of methoxy groups -OCH3 is 1. The molecule has 2 fully saturated rings. The summed E-state index contributed by atoms with van der Waals surface area (Å²) in [5.41, 5.74) is 1.36. The van der Waals surface area contributed by atoms with E-state index in [2.05, 4.69) is 36.5 Å². The van der Waals surface area contributed by atoms with Gasteiger partial charge in [-0.3, -0.25) is 0 Å². The third-order valence-corrected chi connectivity index (χ3v) is 5.64. The lowest BCUT2D eigenvalue weighted by Crippen LogP contribution is -2.39. The standard InChI is InChI=1S/C19H29NO/c1-14(15-8-11-19(21-2)12-9-15)20-18-10-7-16-5-3-4-6-17(16)13-18/h8-9,11-12,14,16-18,20H,3-7,10,13H2,1-2H3. The van der Waals surface area contributed by atoms with E-state index < -0.39 is 0 Å². The molecule has 0 heterocycles. The lowest BCUT2D eigenvalue weighted by Gasteiger charge is -2.40. The summed E-state index contributed by atoms with van der Waals surface area (Å²) in [6, 6.07) is 9.63. The first-order valence-electron chi connectivity index (χ1n) is 8.66. The Hall–Kier alpha value is -1.02. The molecule has 0 aliphatic heterocycles. The van der Waals surface area contributed by atoms with Gasteiger partial charge in [-0.25, -0.2) is 0 Å². The van der Waals surface area contributed by atoms with Gasteiger partial charge in [-0.05, 0) is 55.7 Å². The van der Waals surface area contributed by atoms with Crippen LogP contribution in [0.5, 0.6) is 5.75 Å². The average molecular weight is 287 g/mol. The number of benzene rings is 1. The number of rotatable bonds is 4. The second-order valence-corrected chi connectivity index (χ2v) is 6.98. The van der Waals surface area contributed by atoms with Crippen molar-refractivity contribution in [1.29, 1.82) is 0 Å². The highest BCUT2D eigenvalue weighted by Crippen LogP contribution is 2.40. The largest absolute Gasteiger partial charge is 0.497 e. The highest BCUT2D eigenvalue weighted by Gasteiger charge is 2.32. The first kappa shape index (κ1) is 14.9. The molecule has 1 aromatic rings. The number of fused-ring (bicyclic) bond motifs is 1. The van der Waals surface area contributed by atoms with E-state index in [4.69, 9.17) is 4.74 Å². The van der Waals surface area contributed by atoms with Crippen molar-refractivity contribution < 1.29 is 4.74 Å². The molecule has 4 unspecified atom stereocenters. The van der Waals surface area contributed by atoms with Gasteiger partial charge < -0.3 is 10.1 Å². The van der Waals surface area contributed by atoms with E-state index >= 15 is 0 Å². The number of nitrogens with one attached hydrogen (secondary N) is 1. The van der Waals surface area contributed by atoms with Crippen LogP contribution in [-0.2, 0) is 0 Å². The van der Waals surface area contributed by atoms with Crippen LogP contribution in [0.1, 0.15) is 63.5 Å². The van der Waals surface area contributed by atoms with E-state index in [1.807, 2.05) is 0 Å². The molecular formula is C19H29NO. The summed E-state index contributed by atoms with van der Waals surface area (Å²) in [5.74, 6) is 2.97. The van der Waals surface area contributed by atoms with Crippen LogP contribution in [0.4, 0.5) is 0 Å². The zero-order chi connectivity index (χ0) is 14.7. The van der Waals surface area contributed by atoms with Gasteiger partial charge in [0, 0.05) is 12.1 Å². The molecular weight excluding hydrogens is 258 g/mol. The van der Waals surface area contributed by atoms with Crippen molar-refractivity contribution in [3.8, 4) is 5.75 Å². The first-order valence-corrected chi connectivity index (χ1v) is 8.66. The summed E-state index contributed by atoms with van der Waals surface area (Å²) in [4.78, 5) is 0. The minimum absolute atomic E-state index is 0.432. The van der Waals surface area contributed by atoms with Crippen molar-refractivity contribution >= 4 is 0 Å². The van der Waals surface area contributed by atoms with Crippen molar-refractivity contribution in [1.82, 2.24) is 5.32 Å². The van der Waals surface area contributed by atoms with Gasteiger partial charge in [0.2, 0.25) is 0 Å². The molecule has 0 amide bonds. The fourth-order valence-corrected chi connectivity index (χ4v) is 4.37. The zero-order valence-corrected chi connectivity index (χ0v) is 13.5. The molecule has 2 aliphatic rings. The van der Waals surface area contributed by atoms with Crippen molar-refractivity contribution in [3.05, 3.63) is 29.8 Å². The predicted octanol–water partition coefficient (Wildman–Crippen LogP) is 4.70. The van der Waals surface area contributed by atoms with Gasteiger partial charge in [-0.15, -0.1) is 0 Å². The molecule has 116 valence electrons. The maximum Gasteiger partial charge on any atom is 0.118 e. The molecule has 4 atom stereocenters. The van der Waals surface area contributed by atoms with Gasteiger partial charge in [-0.2, -0.15) is 0 Å². The normalized spacial score (nSPS) is 30.5. The van der Waals surface area contributed by atoms with Crippen molar-refractivity contribution in [2.24, 2.45) is 11.8 Å². The number of hydrogen-bond donors (Lipinski definition) is 1. The summed E-state index contributed by atoms with van der Waals surface area (Å²) in [5, 5.41) is 3.86. The van der Waals surface area contributed by atoms with Crippen molar-refractivity contribution in [2.45, 2.75) is 64.0 Å². The Morgan fingerprint density at radius 3 is 2.43 bits per heavy atom. The molecule has 0 aromatic heterocycles. The van der Waals surface area contributed by atoms with Crippen LogP contribution in [0.15, 0.2) is 24.3 Å². The Bertz CT molecular complexity index is 441. The molecule has 0 saturated heterocycles. The Kier molecular flexibility index (Phi) is 4.84. The molecule has 2 nitrogen and oxygen atoms in total. The molecule has 0 radical (unpaired) electrons. The second kappa shape index (κ2) is 6.83. The quantitative estimate of drug-likeness (QED) is 0.866. The second-order valence-electron chi connectivity index (χ2n) is 6.98. The molecule has 2 aliphatic carbocycles. The van der Waals surface area contributed by atoms with Crippen LogP contribution in [-0.4, -0.2) is 13.2 Å². The van der Waals surface area contributed by atoms with Gasteiger partial charge in [-0.1, -0.05) is 37.8 Å². The molecule has 2 saturated carbocycles. The van der Waals surface area contributed by atoms with E-state index in [0.717, 1.165) is 17.6 Å². The SMILES string of the molecule is COc1ccc(C(C)NC2CCC3CCCCC3C2)cc1. The van der Waals surface area contributed by atoms with Crippen molar-refractivity contribution in [3.63, 3.8) is 0 Å². The average Bonchev–Trinajstić information content (AvgIpc) is 2.55. The van der Waals surface area contributed by atoms with Crippen molar-refractivity contribution in [2.75, 3.05) is 7.11 Å². The Morgan fingerprint density at radius 2 is 1.71 bits per heavy atom. The minimum Gasteiger partial charge on any atom is -0.497 e. The maximum absolute atomic E-state index is 5.24. The topological polar surface area (TPSA) is 21.3 Å². The van der Waals surface area contributed by atoms with Crippen LogP contribution < -0.4 is 10.1 Å². The summed E-state index contributed by atoms with van der Waals surface area (Å²) in [6.07, 6.45) is 10.1. The molecule has 1 aromatic carbocycles. The Labute approximate surface area is 129 Å². The first-order chi connectivity index (χ1) is 10.3. The van der Waals surface area contributed by atoms with E-state index in [0.29, 0.717) is 12.1 Å². The summed E-state index contributed by atoms with van der Waals surface area (Å²) >= 11 is 0. The van der Waals surface area contributed by atoms with Gasteiger partial charge in [0.1, 0.15) is 5.75 Å². The minimum atomic E-state index is 0.432. The summed E-state index contributed by atoms with van der Waals surface area (Å²) in [6.45, 7) is 2.29. The lowest BCUT2D eigenvalue weighted by atomic mass is 9.69.